The first-order chi connectivity index (χ1) is 12.3. The average molecular weight is 334 g/mol. The summed E-state index contributed by atoms with van der Waals surface area (Å²) in [7, 11) is 0. The first-order valence-corrected chi connectivity index (χ1v) is 9.53. The van der Waals surface area contributed by atoms with Gasteiger partial charge in [0.1, 0.15) is 0 Å². The Morgan fingerprint density at radius 3 is 2.64 bits per heavy atom. The molecule has 2 amide bonds. The highest BCUT2D eigenvalue weighted by Gasteiger charge is 2.27. The van der Waals surface area contributed by atoms with Gasteiger partial charge in [-0.15, -0.1) is 0 Å². The molecule has 0 spiro atoms. The molecule has 3 nitrogen and oxygen atoms in total. The molecular formula is C22H26N2O. The molecule has 1 saturated carbocycles. The number of rotatable bonds is 3. The Kier molecular flexibility index (Phi) is 4.73. The molecule has 2 aromatic rings. The SMILES string of the molecule is O=C(Nc1cccc2c1CCCC2)NC1CCC(c2ccccc2)C1. The van der Waals surface area contributed by atoms with Crippen LogP contribution in [0, 0.1) is 0 Å². The Bertz CT molecular complexity index is 741. The van der Waals surface area contributed by atoms with E-state index < -0.39 is 0 Å². The topological polar surface area (TPSA) is 41.1 Å². The number of urea groups is 1. The van der Waals surface area contributed by atoms with Crippen LogP contribution >= 0.6 is 0 Å². The van der Waals surface area contributed by atoms with Gasteiger partial charge < -0.3 is 10.6 Å². The molecule has 2 unspecified atom stereocenters. The Morgan fingerprint density at radius 2 is 1.76 bits per heavy atom. The second-order valence-electron chi connectivity index (χ2n) is 7.37. The van der Waals surface area contributed by atoms with Crippen LogP contribution in [0.4, 0.5) is 10.5 Å². The van der Waals surface area contributed by atoms with Gasteiger partial charge in [-0.25, -0.2) is 4.79 Å². The van der Waals surface area contributed by atoms with E-state index in [2.05, 4.69) is 53.1 Å². The Balaban J connectivity index is 1.36. The number of hydrogen-bond donors (Lipinski definition) is 2. The predicted molar refractivity (Wildman–Crippen MR) is 102 cm³/mol. The Morgan fingerprint density at radius 1 is 0.920 bits per heavy atom. The summed E-state index contributed by atoms with van der Waals surface area (Å²) in [5, 5.41) is 6.29. The van der Waals surface area contributed by atoms with E-state index in [-0.39, 0.29) is 12.1 Å². The molecule has 0 aromatic heterocycles. The Labute approximate surface area is 149 Å². The van der Waals surface area contributed by atoms with Gasteiger partial charge in [-0.2, -0.15) is 0 Å². The van der Waals surface area contributed by atoms with Crippen LogP contribution in [0.15, 0.2) is 48.5 Å². The number of benzene rings is 2. The van der Waals surface area contributed by atoms with Crippen molar-refractivity contribution in [1.29, 1.82) is 0 Å². The number of fused-ring (bicyclic) bond motifs is 1. The van der Waals surface area contributed by atoms with E-state index in [1.54, 1.807) is 0 Å². The largest absolute Gasteiger partial charge is 0.335 e. The summed E-state index contributed by atoms with van der Waals surface area (Å²) >= 11 is 0. The van der Waals surface area contributed by atoms with Crippen LogP contribution in [-0.4, -0.2) is 12.1 Å². The minimum absolute atomic E-state index is 0.0577. The van der Waals surface area contributed by atoms with E-state index >= 15 is 0 Å². The maximum absolute atomic E-state index is 12.5. The number of aryl methyl sites for hydroxylation is 1. The lowest BCUT2D eigenvalue weighted by Gasteiger charge is -2.20. The van der Waals surface area contributed by atoms with Crippen LogP contribution in [0.2, 0.25) is 0 Å². The fraction of sp³-hybridized carbons (Fsp3) is 0.409. The standard InChI is InChI=1S/C22H26N2O/c25-22(24-21-12-6-10-17-9-4-5-11-20(17)21)23-19-14-13-18(15-19)16-7-2-1-3-8-16/h1-3,6-8,10,12,18-19H,4-5,9,11,13-15H2,(H2,23,24,25). The zero-order valence-corrected chi connectivity index (χ0v) is 14.6. The molecule has 2 aromatic carbocycles. The number of nitrogens with one attached hydrogen (secondary N) is 2. The highest BCUT2D eigenvalue weighted by atomic mass is 16.2. The number of anilines is 1. The molecule has 2 aliphatic rings. The van der Waals surface area contributed by atoms with Crippen LogP contribution in [0.25, 0.3) is 0 Å². The minimum atomic E-state index is -0.0577. The molecule has 1 fully saturated rings. The third-order valence-electron chi connectivity index (χ3n) is 5.68. The van der Waals surface area contributed by atoms with Crippen molar-refractivity contribution >= 4 is 11.7 Å². The molecule has 3 heteroatoms. The number of carbonyl (C=O) groups is 1. The molecule has 0 heterocycles. The molecule has 0 bridgehead atoms. The van der Waals surface area contributed by atoms with Crippen LogP contribution in [0.3, 0.4) is 0 Å². The molecule has 4 rings (SSSR count). The first-order valence-electron chi connectivity index (χ1n) is 9.53. The fourth-order valence-electron chi connectivity index (χ4n) is 4.38. The summed E-state index contributed by atoms with van der Waals surface area (Å²) in [4.78, 5) is 12.5. The highest BCUT2D eigenvalue weighted by Crippen LogP contribution is 2.34. The van der Waals surface area contributed by atoms with Crippen molar-refractivity contribution in [2.24, 2.45) is 0 Å². The second kappa shape index (κ2) is 7.30. The average Bonchev–Trinajstić information content (AvgIpc) is 3.11. The van der Waals surface area contributed by atoms with Crippen molar-refractivity contribution in [1.82, 2.24) is 5.32 Å². The zero-order chi connectivity index (χ0) is 17.1. The molecule has 0 aliphatic heterocycles. The maximum atomic E-state index is 12.5. The molecule has 2 atom stereocenters. The second-order valence-corrected chi connectivity index (χ2v) is 7.37. The summed E-state index contributed by atoms with van der Waals surface area (Å²) in [5.41, 5.74) is 5.11. The van der Waals surface area contributed by atoms with E-state index in [1.165, 1.54) is 29.5 Å². The fourth-order valence-corrected chi connectivity index (χ4v) is 4.38. The van der Waals surface area contributed by atoms with E-state index in [4.69, 9.17) is 0 Å². The van der Waals surface area contributed by atoms with Gasteiger partial charge in [0.2, 0.25) is 0 Å². The molecular weight excluding hydrogens is 308 g/mol. The van der Waals surface area contributed by atoms with Crippen molar-refractivity contribution in [2.75, 3.05) is 5.32 Å². The van der Waals surface area contributed by atoms with E-state index in [0.717, 1.165) is 37.8 Å². The van der Waals surface area contributed by atoms with Crippen LogP contribution < -0.4 is 10.6 Å². The number of amides is 2. The summed E-state index contributed by atoms with van der Waals surface area (Å²) in [6, 6.07) is 17.1. The monoisotopic (exact) mass is 334 g/mol. The van der Waals surface area contributed by atoms with E-state index in [0.29, 0.717) is 5.92 Å². The summed E-state index contributed by atoms with van der Waals surface area (Å²) in [6.07, 6.45) is 7.92. The third-order valence-corrected chi connectivity index (χ3v) is 5.68. The summed E-state index contributed by atoms with van der Waals surface area (Å²) in [6.45, 7) is 0. The van der Waals surface area contributed by atoms with Gasteiger partial charge in [-0.05, 0) is 73.6 Å². The Hall–Kier alpha value is -2.29. The van der Waals surface area contributed by atoms with Gasteiger partial charge in [0, 0.05) is 11.7 Å². The van der Waals surface area contributed by atoms with Gasteiger partial charge in [0.05, 0.1) is 0 Å². The van der Waals surface area contributed by atoms with Gasteiger partial charge in [0.15, 0.2) is 0 Å². The van der Waals surface area contributed by atoms with Gasteiger partial charge in [-0.1, -0.05) is 42.5 Å². The lowest BCUT2D eigenvalue weighted by Crippen LogP contribution is -2.36. The number of carbonyl (C=O) groups excluding carboxylic acids is 1. The molecule has 2 aliphatic carbocycles. The quantitative estimate of drug-likeness (QED) is 0.813. The van der Waals surface area contributed by atoms with Gasteiger partial charge >= 0.3 is 6.03 Å². The van der Waals surface area contributed by atoms with E-state index in [9.17, 15) is 4.79 Å². The van der Waals surface area contributed by atoms with Gasteiger partial charge in [0.25, 0.3) is 0 Å². The minimum Gasteiger partial charge on any atom is -0.335 e. The molecule has 0 saturated heterocycles. The predicted octanol–water partition coefficient (Wildman–Crippen LogP) is 5.02. The zero-order valence-electron chi connectivity index (χ0n) is 14.6. The maximum Gasteiger partial charge on any atom is 0.319 e. The van der Waals surface area contributed by atoms with Crippen LogP contribution in [0.1, 0.15) is 54.7 Å². The normalized spacial score (nSPS) is 22.2. The van der Waals surface area contributed by atoms with Crippen molar-refractivity contribution < 1.29 is 4.79 Å². The highest BCUT2D eigenvalue weighted by molar-refractivity contribution is 5.90. The summed E-state index contributed by atoms with van der Waals surface area (Å²) < 4.78 is 0. The number of hydrogen-bond acceptors (Lipinski definition) is 1. The van der Waals surface area contributed by atoms with Crippen LogP contribution in [-0.2, 0) is 12.8 Å². The molecule has 130 valence electrons. The summed E-state index contributed by atoms with van der Waals surface area (Å²) in [5.74, 6) is 0.566. The first kappa shape index (κ1) is 16.2. The van der Waals surface area contributed by atoms with Crippen molar-refractivity contribution in [3.63, 3.8) is 0 Å². The van der Waals surface area contributed by atoms with Crippen molar-refractivity contribution in [3.05, 3.63) is 65.2 Å². The van der Waals surface area contributed by atoms with Gasteiger partial charge in [-0.3, -0.25) is 0 Å². The van der Waals surface area contributed by atoms with Crippen LogP contribution in [0.5, 0.6) is 0 Å². The lowest BCUT2D eigenvalue weighted by molar-refractivity contribution is 0.248. The lowest BCUT2D eigenvalue weighted by atomic mass is 9.90. The van der Waals surface area contributed by atoms with Crippen molar-refractivity contribution in [2.45, 2.75) is 56.9 Å². The van der Waals surface area contributed by atoms with E-state index in [1.807, 2.05) is 6.07 Å². The smallest absolute Gasteiger partial charge is 0.319 e. The molecule has 0 radical (unpaired) electrons. The van der Waals surface area contributed by atoms with Crippen molar-refractivity contribution in [3.8, 4) is 0 Å². The molecule has 25 heavy (non-hydrogen) atoms. The third kappa shape index (κ3) is 3.71. The molecule has 2 N–H and O–H groups in total.